The van der Waals surface area contributed by atoms with Crippen LogP contribution in [0.15, 0.2) is 40.1 Å². The summed E-state index contributed by atoms with van der Waals surface area (Å²) in [6, 6.07) is 8.07. The second kappa shape index (κ2) is 7.33. The number of hydrogen-bond acceptors (Lipinski definition) is 8. The van der Waals surface area contributed by atoms with E-state index in [0.717, 1.165) is 49.3 Å². The van der Waals surface area contributed by atoms with Crippen LogP contribution in [0.2, 0.25) is 0 Å². The summed E-state index contributed by atoms with van der Waals surface area (Å²) in [7, 11) is 0. The molecule has 0 radical (unpaired) electrons. The van der Waals surface area contributed by atoms with E-state index < -0.39 is 0 Å². The second-order valence-electron chi connectivity index (χ2n) is 8.28. The third kappa shape index (κ3) is 3.27. The molecule has 3 aliphatic rings. The Kier molecular flexibility index (Phi) is 4.45. The molecule has 0 bridgehead atoms. The van der Waals surface area contributed by atoms with E-state index in [0.29, 0.717) is 34.9 Å². The topological polar surface area (TPSA) is 88.2 Å². The molecule has 9 heteroatoms. The lowest BCUT2D eigenvalue weighted by molar-refractivity contribution is 0.0988. The fraction of sp³-hybridized carbons (Fsp3) is 0.409. The van der Waals surface area contributed by atoms with E-state index in [2.05, 4.69) is 20.0 Å². The highest BCUT2D eigenvalue weighted by Crippen LogP contribution is 2.40. The zero-order chi connectivity index (χ0) is 20.9. The molecule has 31 heavy (non-hydrogen) atoms. The molecule has 3 aromatic rings. The third-order valence-corrected chi connectivity index (χ3v) is 6.79. The Hall–Kier alpha value is -2.94. The van der Waals surface area contributed by atoms with E-state index in [-0.39, 0.29) is 11.9 Å². The first-order valence-corrected chi connectivity index (χ1v) is 11.9. The SMILES string of the molecule is CSc1ncc2c(n1)N1CCC[C@H]1CN(c1cccc(-c3noc(C4CC4)n3)c1)C2=O. The fourth-order valence-electron chi connectivity index (χ4n) is 4.45. The second-order valence-corrected chi connectivity index (χ2v) is 9.05. The molecule has 0 spiro atoms. The van der Waals surface area contributed by atoms with Gasteiger partial charge in [0, 0.05) is 42.5 Å². The van der Waals surface area contributed by atoms with Crippen LogP contribution in [0, 0.1) is 0 Å². The Morgan fingerprint density at radius 1 is 1.19 bits per heavy atom. The summed E-state index contributed by atoms with van der Waals surface area (Å²) in [5.74, 6) is 2.39. The van der Waals surface area contributed by atoms with Crippen LogP contribution in [0.4, 0.5) is 11.5 Å². The smallest absolute Gasteiger partial charge is 0.263 e. The van der Waals surface area contributed by atoms with Gasteiger partial charge in [0.05, 0.1) is 0 Å². The van der Waals surface area contributed by atoms with Crippen LogP contribution in [-0.4, -0.2) is 51.4 Å². The summed E-state index contributed by atoms with van der Waals surface area (Å²) in [4.78, 5) is 31.4. The minimum Gasteiger partial charge on any atom is -0.351 e. The first kappa shape index (κ1) is 18.8. The van der Waals surface area contributed by atoms with Gasteiger partial charge in [0.1, 0.15) is 11.4 Å². The third-order valence-electron chi connectivity index (χ3n) is 6.23. The Morgan fingerprint density at radius 2 is 2.10 bits per heavy atom. The monoisotopic (exact) mass is 434 g/mol. The molecule has 0 unspecified atom stereocenters. The molecular formula is C22H22N6O2S. The quantitative estimate of drug-likeness (QED) is 0.453. The summed E-state index contributed by atoms with van der Waals surface area (Å²) >= 11 is 1.49. The molecule has 1 amide bonds. The van der Waals surface area contributed by atoms with Gasteiger partial charge in [-0.3, -0.25) is 4.79 Å². The van der Waals surface area contributed by atoms with Crippen LogP contribution in [0.1, 0.15) is 47.8 Å². The summed E-state index contributed by atoms with van der Waals surface area (Å²) < 4.78 is 5.43. The van der Waals surface area contributed by atoms with Gasteiger partial charge in [-0.2, -0.15) is 4.98 Å². The molecule has 1 aliphatic carbocycles. The standard InChI is InChI=1S/C22H22N6O2S/c1-31-22-23-11-17-19(25-22)27-9-3-6-16(27)12-28(21(17)29)15-5-2-4-14(10-15)18-24-20(30-26-18)13-7-8-13/h2,4-5,10-11,13,16H,3,6-9,12H2,1H3/t16-/m0/s1. The van der Waals surface area contributed by atoms with Crippen molar-refractivity contribution in [2.24, 2.45) is 0 Å². The highest BCUT2D eigenvalue weighted by atomic mass is 32.2. The van der Waals surface area contributed by atoms with Crippen molar-refractivity contribution in [2.75, 3.05) is 29.1 Å². The number of nitrogens with zero attached hydrogens (tertiary/aromatic N) is 6. The van der Waals surface area contributed by atoms with E-state index in [4.69, 9.17) is 9.51 Å². The Balaban J connectivity index is 1.39. The van der Waals surface area contributed by atoms with E-state index in [1.807, 2.05) is 35.4 Å². The Morgan fingerprint density at radius 3 is 2.94 bits per heavy atom. The van der Waals surface area contributed by atoms with E-state index in [1.54, 1.807) is 6.20 Å². The number of thioether (sulfide) groups is 1. The first-order chi connectivity index (χ1) is 15.2. The molecule has 158 valence electrons. The van der Waals surface area contributed by atoms with Gasteiger partial charge in [-0.15, -0.1) is 0 Å². The number of carbonyl (C=O) groups excluding carboxylic acids is 1. The lowest BCUT2D eigenvalue weighted by atomic mass is 10.1. The average Bonchev–Trinajstić information content (AvgIpc) is 3.38. The summed E-state index contributed by atoms with van der Waals surface area (Å²) in [5.41, 5.74) is 2.24. The highest BCUT2D eigenvalue weighted by Gasteiger charge is 2.37. The number of carbonyl (C=O) groups is 1. The molecule has 1 saturated heterocycles. The van der Waals surface area contributed by atoms with Crippen LogP contribution in [0.25, 0.3) is 11.4 Å². The molecule has 1 atom stereocenters. The predicted octanol–water partition coefficient (Wildman–Crippen LogP) is 3.76. The van der Waals surface area contributed by atoms with Crippen molar-refractivity contribution < 1.29 is 9.32 Å². The van der Waals surface area contributed by atoms with Crippen LogP contribution < -0.4 is 9.80 Å². The van der Waals surface area contributed by atoms with Gasteiger partial charge in [0.2, 0.25) is 11.7 Å². The van der Waals surface area contributed by atoms with Gasteiger partial charge in [0.25, 0.3) is 5.91 Å². The van der Waals surface area contributed by atoms with Crippen molar-refractivity contribution >= 4 is 29.2 Å². The maximum absolute atomic E-state index is 13.6. The van der Waals surface area contributed by atoms with Gasteiger partial charge in [-0.05, 0) is 44.1 Å². The van der Waals surface area contributed by atoms with Gasteiger partial charge < -0.3 is 14.3 Å². The van der Waals surface area contributed by atoms with E-state index >= 15 is 0 Å². The number of aromatic nitrogens is 4. The summed E-state index contributed by atoms with van der Waals surface area (Å²) in [6.07, 6.45) is 7.99. The Bertz CT molecular complexity index is 1160. The van der Waals surface area contributed by atoms with E-state index in [9.17, 15) is 4.79 Å². The molecule has 1 saturated carbocycles. The number of amides is 1. The van der Waals surface area contributed by atoms with Crippen molar-refractivity contribution in [1.29, 1.82) is 0 Å². The Labute approximate surface area is 184 Å². The first-order valence-electron chi connectivity index (χ1n) is 10.6. The van der Waals surface area contributed by atoms with E-state index in [1.165, 1.54) is 11.8 Å². The number of benzene rings is 1. The number of anilines is 2. The summed E-state index contributed by atoms with van der Waals surface area (Å²) in [6.45, 7) is 1.53. The predicted molar refractivity (Wildman–Crippen MR) is 118 cm³/mol. The number of hydrogen-bond donors (Lipinski definition) is 0. The van der Waals surface area contributed by atoms with Crippen molar-refractivity contribution in [2.45, 2.75) is 42.8 Å². The maximum atomic E-state index is 13.6. The normalized spacial score (nSPS) is 20.5. The fourth-order valence-corrected chi connectivity index (χ4v) is 4.79. The lowest BCUT2D eigenvalue weighted by Crippen LogP contribution is -2.39. The average molecular weight is 435 g/mol. The summed E-state index contributed by atoms with van der Waals surface area (Å²) in [5, 5.41) is 4.85. The molecule has 1 aromatic carbocycles. The minimum absolute atomic E-state index is 0.0685. The molecule has 2 aliphatic heterocycles. The molecule has 2 aromatic heterocycles. The molecule has 0 N–H and O–H groups in total. The highest BCUT2D eigenvalue weighted by molar-refractivity contribution is 7.98. The van der Waals surface area contributed by atoms with Gasteiger partial charge in [0.15, 0.2) is 5.16 Å². The number of rotatable bonds is 4. The lowest BCUT2D eigenvalue weighted by Gasteiger charge is -2.27. The molecule has 4 heterocycles. The van der Waals surface area contributed by atoms with Crippen LogP contribution in [0.5, 0.6) is 0 Å². The molecular weight excluding hydrogens is 412 g/mol. The van der Waals surface area contributed by atoms with Crippen molar-refractivity contribution in [3.05, 3.63) is 41.9 Å². The zero-order valence-corrected chi connectivity index (χ0v) is 18.0. The zero-order valence-electron chi connectivity index (χ0n) is 17.2. The van der Waals surface area contributed by atoms with Crippen LogP contribution in [-0.2, 0) is 0 Å². The van der Waals surface area contributed by atoms with Gasteiger partial charge in [-0.1, -0.05) is 29.1 Å². The maximum Gasteiger partial charge on any atom is 0.263 e. The number of fused-ring (bicyclic) bond motifs is 3. The van der Waals surface area contributed by atoms with Gasteiger partial charge in [-0.25, -0.2) is 9.97 Å². The van der Waals surface area contributed by atoms with Crippen molar-refractivity contribution in [3.63, 3.8) is 0 Å². The molecule has 8 nitrogen and oxygen atoms in total. The van der Waals surface area contributed by atoms with Crippen molar-refractivity contribution in [3.8, 4) is 11.4 Å². The van der Waals surface area contributed by atoms with Crippen LogP contribution >= 0.6 is 11.8 Å². The molecule has 2 fully saturated rings. The largest absolute Gasteiger partial charge is 0.351 e. The molecule has 6 rings (SSSR count). The van der Waals surface area contributed by atoms with Crippen molar-refractivity contribution in [1.82, 2.24) is 20.1 Å². The van der Waals surface area contributed by atoms with Crippen LogP contribution in [0.3, 0.4) is 0 Å². The van der Waals surface area contributed by atoms with Gasteiger partial charge >= 0.3 is 0 Å². The minimum atomic E-state index is -0.0685.